The first-order valence-corrected chi connectivity index (χ1v) is 33.4. The SMILES string of the molecule is CC(C)C[C@H](NC(=O)[C@H](C)NC(=O)[C@H](CC(=O)O)NC(=O)OCC1c2ccccc2-c2ccccc21)C(=O)NCCNc1ccc(NCCNC(=O)[C@H](CC(C)C)NC(=O)[C@H](C)NC(=O)[C@H](CC(=O)O)NC(=O)OCC2c3ccccc3-c3ccccc32)c2c1C(=O)c1c(O)ccc(O)c1C2=O. The number of nitrogens with one attached hydrogen (secondary N) is 10. The molecule has 0 saturated heterocycles. The Morgan fingerprint density at radius 3 is 1.02 bits per heavy atom. The van der Waals surface area contributed by atoms with E-state index in [9.17, 15) is 78.0 Å². The summed E-state index contributed by atoms with van der Waals surface area (Å²) in [5, 5.41) is 67.4. The highest BCUT2D eigenvalue weighted by Crippen LogP contribution is 2.47. The summed E-state index contributed by atoms with van der Waals surface area (Å²) in [5.74, 6) is -11.6. The minimum Gasteiger partial charge on any atom is -0.507 e. The molecule has 536 valence electrons. The maximum atomic E-state index is 14.4. The van der Waals surface area contributed by atoms with Gasteiger partial charge in [0.15, 0.2) is 0 Å². The summed E-state index contributed by atoms with van der Waals surface area (Å²) < 4.78 is 11.1. The number of aromatic hydroxyl groups is 2. The summed E-state index contributed by atoms with van der Waals surface area (Å²) in [6.45, 7) is 9.18. The van der Waals surface area contributed by atoms with E-state index in [1.165, 1.54) is 26.0 Å². The van der Waals surface area contributed by atoms with Gasteiger partial charge in [0.1, 0.15) is 61.0 Å². The molecule has 6 aromatic rings. The molecule has 0 aromatic heterocycles. The van der Waals surface area contributed by atoms with E-state index in [2.05, 4.69) is 53.2 Å². The highest BCUT2D eigenvalue weighted by molar-refractivity contribution is 6.33. The number of ether oxygens (including phenoxy) is 2. The largest absolute Gasteiger partial charge is 0.507 e. The smallest absolute Gasteiger partial charge is 0.407 e. The van der Waals surface area contributed by atoms with E-state index in [1.807, 2.05) is 97.1 Å². The van der Waals surface area contributed by atoms with Gasteiger partial charge >= 0.3 is 24.1 Å². The van der Waals surface area contributed by atoms with Crippen LogP contribution >= 0.6 is 0 Å². The second-order valence-corrected chi connectivity index (χ2v) is 25.9. The highest BCUT2D eigenvalue weighted by Gasteiger charge is 2.40. The van der Waals surface area contributed by atoms with Crippen molar-refractivity contribution in [3.05, 3.63) is 166 Å². The first-order chi connectivity index (χ1) is 48.7. The Morgan fingerprint density at radius 2 is 0.706 bits per heavy atom. The predicted molar refractivity (Wildman–Crippen MR) is 373 cm³/mol. The van der Waals surface area contributed by atoms with Crippen LogP contribution in [-0.2, 0) is 47.8 Å². The summed E-state index contributed by atoms with van der Waals surface area (Å²) in [7, 11) is 0. The molecule has 6 atom stereocenters. The molecule has 8 amide bonds. The molecule has 28 nitrogen and oxygen atoms in total. The topological polar surface area (TPSA) is 425 Å². The average molecular weight is 1400 g/mol. The molecule has 3 aliphatic rings. The molecular weight excluding hydrogens is 1320 g/mol. The van der Waals surface area contributed by atoms with Gasteiger partial charge in [-0.25, -0.2) is 9.59 Å². The van der Waals surface area contributed by atoms with Crippen LogP contribution in [0.2, 0.25) is 0 Å². The van der Waals surface area contributed by atoms with Gasteiger partial charge in [-0.05, 0) is 107 Å². The van der Waals surface area contributed by atoms with E-state index < -0.39 is 143 Å². The van der Waals surface area contributed by atoms with Crippen molar-refractivity contribution in [2.75, 3.05) is 50.0 Å². The van der Waals surface area contributed by atoms with Crippen molar-refractivity contribution in [1.29, 1.82) is 0 Å². The molecule has 3 aliphatic carbocycles. The van der Waals surface area contributed by atoms with Crippen molar-refractivity contribution in [1.82, 2.24) is 42.5 Å². The molecule has 6 aromatic carbocycles. The molecule has 0 radical (unpaired) electrons. The first kappa shape index (κ1) is 74.4. The lowest BCUT2D eigenvalue weighted by atomic mass is 9.81. The van der Waals surface area contributed by atoms with Crippen LogP contribution in [-0.4, -0.2) is 167 Å². The molecule has 0 bridgehead atoms. The van der Waals surface area contributed by atoms with Crippen molar-refractivity contribution in [2.45, 2.75) is 115 Å². The number of benzene rings is 6. The quantitative estimate of drug-likeness (QED) is 0.0176. The monoisotopic (exact) mass is 1400 g/mol. The van der Waals surface area contributed by atoms with E-state index in [-0.39, 0.29) is 98.4 Å². The van der Waals surface area contributed by atoms with Gasteiger partial charge in [-0.2, -0.15) is 0 Å². The van der Waals surface area contributed by atoms with Crippen LogP contribution in [0.4, 0.5) is 21.0 Å². The Labute approximate surface area is 586 Å². The zero-order chi connectivity index (χ0) is 73.6. The fourth-order valence-corrected chi connectivity index (χ4v) is 12.8. The van der Waals surface area contributed by atoms with Gasteiger partial charge in [0.2, 0.25) is 47.0 Å². The molecule has 0 fully saturated rings. The molecule has 0 saturated carbocycles. The minimum absolute atomic E-state index is 0.0812. The Bertz CT molecular complexity index is 3900. The summed E-state index contributed by atoms with van der Waals surface area (Å²) in [4.78, 5) is 161. The number of phenols is 2. The molecule has 28 heteroatoms. The third-order valence-corrected chi connectivity index (χ3v) is 17.6. The zero-order valence-corrected chi connectivity index (χ0v) is 56.9. The fraction of sp³-hybridized carbons (Fsp3) is 0.351. The zero-order valence-electron chi connectivity index (χ0n) is 56.9. The third kappa shape index (κ3) is 17.8. The summed E-state index contributed by atoms with van der Waals surface area (Å²) in [6.07, 6.45) is -3.59. The number of hydrogen-bond acceptors (Lipinski definition) is 18. The number of carbonyl (C=O) groups excluding carboxylic acids is 10. The van der Waals surface area contributed by atoms with Gasteiger partial charge in [-0.1, -0.05) is 125 Å². The number of fused-ring (bicyclic) bond motifs is 8. The lowest BCUT2D eigenvalue weighted by Gasteiger charge is -2.25. The Hall–Kier alpha value is -11.8. The number of carboxylic acid groups (broad SMARTS) is 2. The van der Waals surface area contributed by atoms with Crippen LogP contribution in [0.3, 0.4) is 0 Å². The molecule has 0 aliphatic heterocycles. The number of carbonyl (C=O) groups is 12. The van der Waals surface area contributed by atoms with Crippen LogP contribution in [0.1, 0.15) is 133 Å². The lowest BCUT2D eigenvalue weighted by molar-refractivity contribution is -0.140. The van der Waals surface area contributed by atoms with Gasteiger partial charge in [0.05, 0.1) is 35.1 Å². The minimum atomic E-state index is -1.66. The summed E-state index contributed by atoms with van der Waals surface area (Å²) >= 11 is 0. The summed E-state index contributed by atoms with van der Waals surface area (Å²) in [6, 6.07) is 27.3. The number of ketones is 2. The number of phenolic OH excluding ortho intramolecular Hbond substituents is 2. The first-order valence-electron chi connectivity index (χ1n) is 33.4. The molecule has 102 heavy (non-hydrogen) atoms. The number of amides is 8. The van der Waals surface area contributed by atoms with E-state index in [0.29, 0.717) is 0 Å². The third-order valence-electron chi connectivity index (χ3n) is 17.6. The van der Waals surface area contributed by atoms with Gasteiger partial charge in [-0.3, -0.25) is 47.9 Å². The van der Waals surface area contributed by atoms with E-state index in [1.54, 1.807) is 27.7 Å². The van der Waals surface area contributed by atoms with Gasteiger partial charge in [0.25, 0.3) is 0 Å². The molecule has 9 rings (SSSR count). The predicted octanol–water partition coefficient (Wildman–Crippen LogP) is 5.76. The van der Waals surface area contributed by atoms with Gasteiger partial charge in [-0.15, -0.1) is 0 Å². The van der Waals surface area contributed by atoms with Crippen molar-refractivity contribution in [2.24, 2.45) is 11.8 Å². The Morgan fingerprint density at radius 1 is 0.382 bits per heavy atom. The molecular formula is C74H82N10O18. The second-order valence-electron chi connectivity index (χ2n) is 25.9. The number of anilines is 2. The van der Waals surface area contributed by atoms with Crippen molar-refractivity contribution >= 4 is 82.5 Å². The molecule has 0 spiro atoms. The summed E-state index contributed by atoms with van der Waals surface area (Å²) in [5.41, 5.74) is 6.46. The van der Waals surface area contributed by atoms with Crippen LogP contribution < -0.4 is 53.2 Å². The maximum Gasteiger partial charge on any atom is 0.407 e. The van der Waals surface area contributed by atoms with Crippen molar-refractivity contribution in [3.8, 4) is 33.8 Å². The highest BCUT2D eigenvalue weighted by atomic mass is 16.6. The maximum absolute atomic E-state index is 14.4. The van der Waals surface area contributed by atoms with Crippen molar-refractivity contribution < 1.29 is 87.4 Å². The van der Waals surface area contributed by atoms with Gasteiger partial charge < -0.3 is 83.1 Å². The number of aliphatic carboxylic acids is 2. The van der Waals surface area contributed by atoms with E-state index in [4.69, 9.17) is 9.47 Å². The molecule has 14 N–H and O–H groups in total. The van der Waals surface area contributed by atoms with Gasteiger partial charge in [0, 0.05) is 49.4 Å². The van der Waals surface area contributed by atoms with Crippen LogP contribution in [0.25, 0.3) is 22.3 Å². The average Bonchev–Trinajstić information content (AvgIpc) is 0.941. The Kier molecular flexibility index (Phi) is 24.3. The number of hydrogen-bond donors (Lipinski definition) is 14. The van der Waals surface area contributed by atoms with Crippen LogP contribution in [0, 0.1) is 11.8 Å². The standard InChI is InChI=1S/C74H82N10O18/c1-37(2)31-53(81-67(93)39(5)79-71(97)55(33-59(87)88)83-73(99)101-35-49-45-19-11-7-15-41(45)42-16-8-12-20-46(42)49)69(95)77-29-27-75-51-23-24-52(62-61(51)65(91)63-57(85)25-26-58(86)64(63)66(62)92)76-28-30-78-70(96)54(32-38(3)4)82-68(94)40(6)80-72(98)56(34-60(89)90)84-74(100)102-36-50-47-21-13-9-17-43(47)44-18-10-14-22-48(44)50/h7-26,37-40,49-50,53-56,75-76,85-86H,27-36H2,1-6H3,(H,77,95)(H,78,96)(H,79,97)(H,80,98)(H,81,93)(H,82,94)(H,83,99)(H,84,100)(H,87,88)(H,89,90)/t39-,40-,53-,54-,55-,56-/m0/s1. The molecule has 0 unspecified atom stereocenters. The lowest BCUT2D eigenvalue weighted by Crippen LogP contribution is -2.56. The second kappa shape index (κ2) is 33.3. The molecule has 0 heterocycles. The van der Waals surface area contributed by atoms with Crippen LogP contribution in [0.15, 0.2) is 121 Å². The number of alkyl carbamates (subject to hydrolysis) is 2. The van der Waals surface area contributed by atoms with E-state index in [0.717, 1.165) is 56.6 Å². The number of rotatable bonds is 32. The fourth-order valence-electron chi connectivity index (χ4n) is 12.8. The number of carboxylic acids is 2. The normalized spacial score (nSPS) is 14.2. The van der Waals surface area contributed by atoms with E-state index >= 15 is 0 Å². The van der Waals surface area contributed by atoms with Crippen LogP contribution in [0.5, 0.6) is 11.5 Å². The van der Waals surface area contributed by atoms with Crippen molar-refractivity contribution in [3.63, 3.8) is 0 Å². The Balaban J connectivity index is 0.773.